The lowest BCUT2D eigenvalue weighted by Crippen LogP contribution is -2.39. The number of fused-ring (bicyclic) bond motifs is 1. The van der Waals surface area contributed by atoms with Gasteiger partial charge in [0.2, 0.25) is 0 Å². The first-order chi connectivity index (χ1) is 9.76. The van der Waals surface area contributed by atoms with Gasteiger partial charge in [0, 0.05) is 13.0 Å². The summed E-state index contributed by atoms with van der Waals surface area (Å²) in [5.74, 6) is 1.29. The van der Waals surface area contributed by atoms with Gasteiger partial charge in [-0.2, -0.15) is 0 Å². The first-order valence-corrected chi connectivity index (χ1v) is 7.54. The fourth-order valence-electron chi connectivity index (χ4n) is 3.73. The van der Waals surface area contributed by atoms with E-state index in [1.54, 1.807) is 0 Å². The highest BCUT2D eigenvalue weighted by atomic mass is 15.1. The Bertz CT molecular complexity index is 606. The number of benzene rings is 1. The molecule has 0 unspecified atom stereocenters. The van der Waals surface area contributed by atoms with Crippen LogP contribution in [0, 0.1) is 5.41 Å². The average molecular weight is 267 g/mol. The van der Waals surface area contributed by atoms with Crippen LogP contribution >= 0.6 is 0 Å². The molecule has 1 fully saturated rings. The zero-order valence-corrected chi connectivity index (χ0v) is 12.0. The summed E-state index contributed by atoms with van der Waals surface area (Å²) in [6, 6.07) is 10.7. The summed E-state index contributed by atoms with van der Waals surface area (Å²) in [6.07, 6.45) is 5.82. The standard InChI is InChI=1S/C17H21N3/c1-19-9-7-17(8-10-19)11-16-18-12-15(20(16)13-17)14-5-3-2-4-6-14/h2-6,12H,7-11,13H2,1H3. The van der Waals surface area contributed by atoms with Crippen molar-refractivity contribution in [1.82, 2.24) is 14.5 Å². The zero-order valence-electron chi connectivity index (χ0n) is 12.0. The average Bonchev–Trinajstić information content (AvgIpc) is 3.01. The van der Waals surface area contributed by atoms with Crippen LogP contribution in [-0.4, -0.2) is 34.6 Å². The summed E-state index contributed by atoms with van der Waals surface area (Å²) in [5.41, 5.74) is 3.05. The molecule has 3 heteroatoms. The van der Waals surface area contributed by atoms with E-state index in [9.17, 15) is 0 Å². The molecule has 0 saturated carbocycles. The Kier molecular flexibility index (Phi) is 2.71. The number of nitrogens with zero attached hydrogens (tertiary/aromatic N) is 3. The van der Waals surface area contributed by atoms with Gasteiger partial charge in [0.15, 0.2) is 0 Å². The monoisotopic (exact) mass is 267 g/mol. The van der Waals surface area contributed by atoms with Crippen LogP contribution in [0.4, 0.5) is 0 Å². The van der Waals surface area contributed by atoms with Gasteiger partial charge in [-0.05, 0) is 44.0 Å². The van der Waals surface area contributed by atoms with Gasteiger partial charge < -0.3 is 9.47 Å². The molecule has 2 aliphatic rings. The number of piperidine rings is 1. The molecule has 0 bridgehead atoms. The second-order valence-electron chi connectivity index (χ2n) is 6.49. The van der Waals surface area contributed by atoms with Gasteiger partial charge in [-0.15, -0.1) is 0 Å². The number of rotatable bonds is 1. The Morgan fingerprint density at radius 2 is 1.85 bits per heavy atom. The zero-order chi connectivity index (χ0) is 13.6. The topological polar surface area (TPSA) is 21.1 Å². The van der Waals surface area contributed by atoms with E-state index in [0.29, 0.717) is 5.41 Å². The normalized spacial score (nSPS) is 21.2. The molecule has 1 aromatic heterocycles. The Balaban J connectivity index is 1.65. The summed E-state index contributed by atoms with van der Waals surface area (Å²) in [7, 11) is 2.23. The van der Waals surface area contributed by atoms with Crippen LogP contribution < -0.4 is 0 Å². The highest BCUT2D eigenvalue weighted by Crippen LogP contribution is 2.42. The summed E-state index contributed by atoms with van der Waals surface area (Å²) < 4.78 is 2.46. The molecular formula is C17H21N3. The van der Waals surface area contributed by atoms with E-state index in [-0.39, 0.29) is 0 Å². The first-order valence-electron chi connectivity index (χ1n) is 7.54. The molecule has 20 heavy (non-hydrogen) atoms. The predicted molar refractivity (Wildman–Crippen MR) is 80.5 cm³/mol. The molecule has 1 aromatic carbocycles. The second kappa shape index (κ2) is 4.45. The summed E-state index contributed by atoms with van der Waals surface area (Å²) in [4.78, 5) is 7.14. The highest BCUT2D eigenvalue weighted by molar-refractivity contribution is 5.59. The van der Waals surface area contributed by atoms with E-state index in [4.69, 9.17) is 4.98 Å². The molecule has 2 aromatic rings. The van der Waals surface area contributed by atoms with Crippen LogP contribution in [0.1, 0.15) is 18.7 Å². The number of hydrogen-bond donors (Lipinski definition) is 0. The Morgan fingerprint density at radius 1 is 1.10 bits per heavy atom. The minimum Gasteiger partial charge on any atom is -0.327 e. The molecular weight excluding hydrogens is 246 g/mol. The maximum absolute atomic E-state index is 4.69. The minimum absolute atomic E-state index is 0.472. The lowest BCUT2D eigenvalue weighted by atomic mass is 9.77. The summed E-state index contributed by atoms with van der Waals surface area (Å²) >= 11 is 0. The van der Waals surface area contributed by atoms with Gasteiger partial charge in [0.25, 0.3) is 0 Å². The van der Waals surface area contributed by atoms with Crippen LogP contribution in [0.25, 0.3) is 11.3 Å². The van der Waals surface area contributed by atoms with Crippen LogP contribution in [0.15, 0.2) is 36.5 Å². The van der Waals surface area contributed by atoms with Crippen molar-refractivity contribution >= 4 is 0 Å². The maximum Gasteiger partial charge on any atom is 0.109 e. The third-order valence-electron chi connectivity index (χ3n) is 5.08. The molecule has 1 saturated heterocycles. The van der Waals surface area contributed by atoms with Crippen molar-refractivity contribution in [2.45, 2.75) is 25.8 Å². The SMILES string of the molecule is CN1CCC2(CC1)Cc1ncc(-c3ccccc3)n1C2. The van der Waals surface area contributed by atoms with Crippen molar-refractivity contribution in [2.24, 2.45) is 5.41 Å². The van der Waals surface area contributed by atoms with E-state index in [1.807, 2.05) is 6.20 Å². The van der Waals surface area contributed by atoms with Crippen molar-refractivity contribution in [3.63, 3.8) is 0 Å². The van der Waals surface area contributed by atoms with E-state index < -0.39 is 0 Å². The van der Waals surface area contributed by atoms with Crippen LogP contribution in [-0.2, 0) is 13.0 Å². The van der Waals surface area contributed by atoms with E-state index in [2.05, 4.69) is 46.8 Å². The largest absolute Gasteiger partial charge is 0.327 e. The van der Waals surface area contributed by atoms with Crippen molar-refractivity contribution in [3.8, 4) is 11.3 Å². The van der Waals surface area contributed by atoms with Crippen molar-refractivity contribution in [1.29, 1.82) is 0 Å². The highest BCUT2D eigenvalue weighted by Gasteiger charge is 2.41. The van der Waals surface area contributed by atoms with Crippen LogP contribution in [0.5, 0.6) is 0 Å². The molecule has 0 aliphatic carbocycles. The fourth-order valence-corrected chi connectivity index (χ4v) is 3.73. The van der Waals surface area contributed by atoms with Gasteiger partial charge in [-0.3, -0.25) is 0 Å². The van der Waals surface area contributed by atoms with Crippen molar-refractivity contribution in [3.05, 3.63) is 42.4 Å². The molecule has 3 heterocycles. The third-order valence-corrected chi connectivity index (χ3v) is 5.08. The van der Waals surface area contributed by atoms with E-state index >= 15 is 0 Å². The van der Waals surface area contributed by atoms with Gasteiger partial charge in [-0.1, -0.05) is 30.3 Å². The minimum atomic E-state index is 0.472. The Labute approximate surface area is 120 Å². The van der Waals surface area contributed by atoms with Crippen LogP contribution in [0.3, 0.4) is 0 Å². The molecule has 104 valence electrons. The number of likely N-dealkylation sites (tertiary alicyclic amines) is 1. The van der Waals surface area contributed by atoms with Crippen molar-refractivity contribution in [2.75, 3.05) is 20.1 Å². The molecule has 0 radical (unpaired) electrons. The fraction of sp³-hybridized carbons (Fsp3) is 0.471. The smallest absolute Gasteiger partial charge is 0.109 e. The van der Waals surface area contributed by atoms with Gasteiger partial charge in [0.1, 0.15) is 5.82 Å². The van der Waals surface area contributed by atoms with Gasteiger partial charge in [0.05, 0.1) is 11.9 Å². The number of aromatic nitrogens is 2. The van der Waals surface area contributed by atoms with Gasteiger partial charge >= 0.3 is 0 Å². The van der Waals surface area contributed by atoms with Gasteiger partial charge in [-0.25, -0.2) is 4.98 Å². The Hall–Kier alpha value is -1.61. The molecule has 1 spiro atoms. The quantitative estimate of drug-likeness (QED) is 0.792. The maximum atomic E-state index is 4.69. The molecule has 2 aliphatic heterocycles. The Morgan fingerprint density at radius 3 is 2.60 bits per heavy atom. The first kappa shape index (κ1) is 12.2. The third kappa shape index (κ3) is 1.88. The number of imidazole rings is 1. The molecule has 4 rings (SSSR count). The summed E-state index contributed by atoms with van der Waals surface area (Å²) in [5, 5.41) is 0. The van der Waals surface area contributed by atoms with E-state index in [0.717, 1.165) is 13.0 Å². The molecule has 0 N–H and O–H groups in total. The lowest BCUT2D eigenvalue weighted by molar-refractivity contribution is 0.121. The number of hydrogen-bond acceptors (Lipinski definition) is 2. The molecule has 3 nitrogen and oxygen atoms in total. The predicted octanol–water partition coefficient (Wildman–Crippen LogP) is 2.82. The van der Waals surface area contributed by atoms with E-state index in [1.165, 1.54) is 43.0 Å². The summed E-state index contributed by atoms with van der Waals surface area (Å²) in [6.45, 7) is 3.61. The lowest BCUT2D eigenvalue weighted by Gasteiger charge is -2.37. The second-order valence-corrected chi connectivity index (χ2v) is 6.49. The molecule has 0 amide bonds. The van der Waals surface area contributed by atoms with Crippen LogP contribution in [0.2, 0.25) is 0 Å². The van der Waals surface area contributed by atoms with Crippen molar-refractivity contribution < 1.29 is 0 Å². The molecule has 0 atom stereocenters.